The fourth-order valence-corrected chi connectivity index (χ4v) is 2.06. The van der Waals surface area contributed by atoms with Crippen molar-refractivity contribution in [2.24, 2.45) is 4.99 Å². The number of alkyl halides is 1. The Morgan fingerprint density at radius 2 is 2.19 bits per heavy atom. The van der Waals surface area contributed by atoms with Crippen LogP contribution in [0.3, 0.4) is 0 Å². The van der Waals surface area contributed by atoms with Gasteiger partial charge in [0.05, 0.1) is 16.8 Å². The van der Waals surface area contributed by atoms with Gasteiger partial charge in [-0.1, -0.05) is 15.9 Å². The van der Waals surface area contributed by atoms with Crippen LogP contribution >= 0.6 is 15.9 Å². The van der Waals surface area contributed by atoms with Gasteiger partial charge in [0, 0.05) is 11.0 Å². The average Bonchev–Trinajstić information content (AvgIpc) is 2.58. The topological polar surface area (TPSA) is 34.5 Å². The van der Waals surface area contributed by atoms with Crippen molar-refractivity contribution in [2.75, 3.05) is 6.61 Å². The van der Waals surface area contributed by atoms with E-state index in [0.717, 1.165) is 17.0 Å². The molecular formula is C12H15BrN2O. The molecule has 0 atom stereocenters. The predicted molar refractivity (Wildman–Crippen MR) is 68.2 cm³/mol. The van der Waals surface area contributed by atoms with Crippen molar-refractivity contribution >= 4 is 21.8 Å². The molecule has 1 aliphatic heterocycles. The third-order valence-corrected chi connectivity index (χ3v) is 2.97. The Morgan fingerprint density at radius 1 is 1.44 bits per heavy atom. The lowest BCUT2D eigenvalue weighted by atomic mass is 10.1. The molecule has 3 nitrogen and oxygen atoms in total. The standard InChI is InChI=1S/C12H15BrN2O/c1-8-4-5-9(10(6-13)14-8)11-15-12(2,3)7-16-11/h4-5H,6-7H2,1-3H3. The van der Waals surface area contributed by atoms with E-state index in [9.17, 15) is 0 Å². The van der Waals surface area contributed by atoms with Crippen molar-refractivity contribution in [2.45, 2.75) is 31.6 Å². The smallest absolute Gasteiger partial charge is 0.218 e. The molecule has 0 saturated heterocycles. The zero-order valence-corrected chi connectivity index (χ0v) is 11.3. The van der Waals surface area contributed by atoms with Gasteiger partial charge in [0.1, 0.15) is 6.61 Å². The van der Waals surface area contributed by atoms with E-state index in [1.165, 1.54) is 0 Å². The zero-order chi connectivity index (χ0) is 11.8. The largest absolute Gasteiger partial charge is 0.475 e. The summed E-state index contributed by atoms with van der Waals surface area (Å²) in [6.45, 7) is 6.75. The van der Waals surface area contributed by atoms with Gasteiger partial charge < -0.3 is 4.74 Å². The van der Waals surface area contributed by atoms with Gasteiger partial charge in [-0.2, -0.15) is 0 Å². The number of halogens is 1. The van der Waals surface area contributed by atoms with E-state index in [4.69, 9.17) is 4.74 Å². The first-order valence-corrected chi connectivity index (χ1v) is 6.39. The number of aliphatic imine (C=N–C) groups is 1. The maximum atomic E-state index is 5.63. The van der Waals surface area contributed by atoms with Gasteiger partial charge in [-0.05, 0) is 32.9 Å². The van der Waals surface area contributed by atoms with Gasteiger partial charge in [0.25, 0.3) is 0 Å². The molecule has 0 spiro atoms. The predicted octanol–water partition coefficient (Wildman–Crippen LogP) is 2.84. The van der Waals surface area contributed by atoms with Gasteiger partial charge in [0.2, 0.25) is 5.90 Å². The molecule has 1 aromatic heterocycles. The van der Waals surface area contributed by atoms with E-state index in [2.05, 4.69) is 39.8 Å². The second-order valence-corrected chi connectivity index (χ2v) is 5.16. The summed E-state index contributed by atoms with van der Waals surface area (Å²) >= 11 is 3.45. The first-order valence-electron chi connectivity index (χ1n) is 5.27. The summed E-state index contributed by atoms with van der Waals surface area (Å²) in [5.41, 5.74) is 2.87. The first-order chi connectivity index (χ1) is 7.52. The summed E-state index contributed by atoms with van der Waals surface area (Å²) in [5, 5.41) is 0.715. The van der Waals surface area contributed by atoms with Crippen molar-refractivity contribution in [3.8, 4) is 0 Å². The molecule has 0 aromatic carbocycles. The van der Waals surface area contributed by atoms with Crippen LogP contribution in [-0.4, -0.2) is 23.0 Å². The highest BCUT2D eigenvalue weighted by atomic mass is 79.9. The summed E-state index contributed by atoms with van der Waals surface area (Å²) in [5.74, 6) is 0.715. The summed E-state index contributed by atoms with van der Waals surface area (Å²) in [7, 11) is 0. The molecule has 0 saturated carbocycles. The normalized spacial score (nSPS) is 18.1. The Balaban J connectivity index is 2.42. The number of aromatic nitrogens is 1. The zero-order valence-electron chi connectivity index (χ0n) is 9.75. The number of aryl methyl sites for hydroxylation is 1. The van der Waals surface area contributed by atoms with Crippen LogP contribution in [0.2, 0.25) is 0 Å². The summed E-state index contributed by atoms with van der Waals surface area (Å²) in [6.07, 6.45) is 0. The van der Waals surface area contributed by atoms with E-state index < -0.39 is 0 Å². The number of hydrogen-bond donors (Lipinski definition) is 0. The van der Waals surface area contributed by atoms with Crippen LogP contribution in [0.1, 0.15) is 30.8 Å². The molecule has 0 unspecified atom stereocenters. The minimum absolute atomic E-state index is 0.121. The fraction of sp³-hybridized carbons (Fsp3) is 0.500. The molecule has 1 aromatic rings. The highest BCUT2D eigenvalue weighted by molar-refractivity contribution is 9.08. The monoisotopic (exact) mass is 282 g/mol. The van der Waals surface area contributed by atoms with E-state index >= 15 is 0 Å². The van der Waals surface area contributed by atoms with E-state index in [1.807, 2.05) is 19.1 Å². The van der Waals surface area contributed by atoms with Gasteiger partial charge in [-0.3, -0.25) is 4.98 Å². The lowest BCUT2D eigenvalue weighted by Crippen LogP contribution is -2.17. The molecule has 2 heterocycles. The summed E-state index contributed by atoms with van der Waals surface area (Å²) in [6, 6.07) is 4.01. The molecule has 2 rings (SSSR count). The van der Waals surface area contributed by atoms with Gasteiger partial charge in [-0.25, -0.2) is 4.99 Å². The Hall–Kier alpha value is -0.900. The van der Waals surface area contributed by atoms with Crippen LogP contribution < -0.4 is 0 Å². The molecule has 1 aliphatic rings. The van der Waals surface area contributed by atoms with Gasteiger partial charge in [0.15, 0.2) is 0 Å². The van der Waals surface area contributed by atoms with Crippen LogP contribution in [0, 0.1) is 6.92 Å². The highest BCUT2D eigenvalue weighted by Gasteiger charge is 2.28. The molecule has 86 valence electrons. The van der Waals surface area contributed by atoms with Crippen molar-refractivity contribution in [3.05, 3.63) is 29.1 Å². The Labute approximate surface area is 104 Å². The Morgan fingerprint density at radius 3 is 2.75 bits per heavy atom. The minimum Gasteiger partial charge on any atom is -0.475 e. The van der Waals surface area contributed by atoms with Crippen LogP contribution in [0.4, 0.5) is 0 Å². The van der Waals surface area contributed by atoms with Crippen LogP contribution in [0.5, 0.6) is 0 Å². The number of ether oxygens (including phenoxy) is 1. The number of rotatable bonds is 2. The maximum Gasteiger partial charge on any atom is 0.218 e. The highest BCUT2D eigenvalue weighted by Crippen LogP contribution is 2.23. The summed E-state index contributed by atoms with van der Waals surface area (Å²) in [4.78, 5) is 9.04. The number of nitrogens with zero attached hydrogens (tertiary/aromatic N) is 2. The van der Waals surface area contributed by atoms with Crippen molar-refractivity contribution in [3.63, 3.8) is 0 Å². The maximum absolute atomic E-state index is 5.63. The van der Waals surface area contributed by atoms with E-state index in [-0.39, 0.29) is 5.54 Å². The summed E-state index contributed by atoms with van der Waals surface area (Å²) < 4.78 is 5.63. The van der Waals surface area contributed by atoms with Crippen LogP contribution in [0.15, 0.2) is 17.1 Å². The van der Waals surface area contributed by atoms with Gasteiger partial charge >= 0.3 is 0 Å². The van der Waals surface area contributed by atoms with E-state index in [0.29, 0.717) is 17.8 Å². The number of hydrogen-bond acceptors (Lipinski definition) is 3. The van der Waals surface area contributed by atoms with Crippen LogP contribution in [0.25, 0.3) is 0 Å². The molecular weight excluding hydrogens is 268 g/mol. The lowest BCUT2D eigenvalue weighted by molar-refractivity contribution is 0.279. The van der Waals surface area contributed by atoms with Crippen molar-refractivity contribution in [1.29, 1.82) is 0 Å². The number of pyridine rings is 1. The van der Waals surface area contributed by atoms with Crippen LogP contribution in [-0.2, 0) is 10.1 Å². The van der Waals surface area contributed by atoms with E-state index in [1.54, 1.807) is 0 Å². The van der Waals surface area contributed by atoms with Crippen molar-refractivity contribution in [1.82, 2.24) is 4.98 Å². The molecule has 0 radical (unpaired) electrons. The molecule has 0 aliphatic carbocycles. The molecule has 4 heteroatoms. The third-order valence-electron chi connectivity index (χ3n) is 2.44. The second kappa shape index (κ2) is 4.17. The molecule has 0 bridgehead atoms. The minimum atomic E-state index is -0.121. The quantitative estimate of drug-likeness (QED) is 0.782. The van der Waals surface area contributed by atoms with Gasteiger partial charge in [-0.15, -0.1) is 0 Å². The Bertz CT molecular complexity index is 441. The first kappa shape index (κ1) is 11.6. The fourth-order valence-electron chi connectivity index (χ4n) is 1.63. The Kier molecular flexibility index (Phi) is 3.02. The second-order valence-electron chi connectivity index (χ2n) is 4.60. The average molecular weight is 283 g/mol. The molecule has 0 fully saturated rings. The molecule has 0 amide bonds. The van der Waals surface area contributed by atoms with Crippen molar-refractivity contribution < 1.29 is 4.74 Å². The SMILES string of the molecule is Cc1ccc(C2=NC(C)(C)CO2)c(CBr)n1. The molecule has 16 heavy (non-hydrogen) atoms. The lowest BCUT2D eigenvalue weighted by Gasteiger charge is -2.07. The molecule has 0 N–H and O–H groups in total. The third kappa shape index (κ3) is 2.26.